The summed E-state index contributed by atoms with van der Waals surface area (Å²) < 4.78 is 4.81. The molecule has 7 nitrogen and oxygen atoms in total. The van der Waals surface area contributed by atoms with E-state index in [1.807, 2.05) is 0 Å². The highest BCUT2D eigenvalue weighted by molar-refractivity contribution is 6.31. The molecule has 1 atom stereocenters. The Labute approximate surface area is 121 Å². The smallest absolute Gasteiger partial charge is 0.269 e. The van der Waals surface area contributed by atoms with Crippen LogP contribution in [0.1, 0.15) is 5.56 Å². The molecule has 0 saturated heterocycles. The average Bonchev–Trinajstić information content (AvgIpc) is 2.40. The van der Waals surface area contributed by atoms with Crippen LogP contribution in [0.4, 0.5) is 5.69 Å². The second-order valence-corrected chi connectivity index (χ2v) is 4.70. The molecule has 0 radical (unpaired) electrons. The van der Waals surface area contributed by atoms with Gasteiger partial charge in [0, 0.05) is 37.9 Å². The van der Waals surface area contributed by atoms with E-state index in [0.717, 1.165) is 0 Å². The first-order valence-corrected chi connectivity index (χ1v) is 6.17. The van der Waals surface area contributed by atoms with Crippen LogP contribution in [0.5, 0.6) is 0 Å². The molecule has 1 aromatic carbocycles. The molecule has 0 aliphatic heterocycles. The zero-order chi connectivity index (χ0) is 15.3. The van der Waals surface area contributed by atoms with Crippen molar-refractivity contribution in [2.45, 2.75) is 12.6 Å². The molecule has 0 saturated carbocycles. The lowest BCUT2D eigenvalue weighted by atomic mass is 10.1. The van der Waals surface area contributed by atoms with Gasteiger partial charge in [0.25, 0.3) is 5.69 Å². The van der Waals surface area contributed by atoms with Crippen molar-refractivity contribution in [3.05, 3.63) is 38.9 Å². The van der Waals surface area contributed by atoms with Gasteiger partial charge in [-0.3, -0.25) is 14.9 Å². The highest BCUT2D eigenvalue weighted by Crippen LogP contribution is 2.23. The summed E-state index contributed by atoms with van der Waals surface area (Å²) in [6, 6.07) is 3.31. The number of nitro benzene ring substituents is 1. The molecular formula is C12H16ClN3O4. The third-order valence-electron chi connectivity index (χ3n) is 2.69. The van der Waals surface area contributed by atoms with Crippen LogP contribution in [0.15, 0.2) is 18.2 Å². The number of carbonyl (C=O) groups is 1. The Morgan fingerprint density at radius 1 is 1.60 bits per heavy atom. The number of nitrogens with two attached hydrogens (primary N) is 1. The third-order valence-corrected chi connectivity index (χ3v) is 3.06. The van der Waals surface area contributed by atoms with Gasteiger partial charge in [-0.25, -0.2) is 0 Å². The lowest BCUT2D eigenvalue weighted by molar-refractivity contribution is -0.384. The van der Waals surface area contributed by atoms with Crippen molar-refractivity contribution >= 4 is 23.2 Å². The summed E-state index contributed by atoms with van der Waals surface area (Å²) in [5.41, 5.74) is 6.05. The molecule has 0 aromatic heterocycles. The fourth-order valence-electron chi connectivity index (χ4n) is 1.66. The number of hydrogen-bond donors (Lipinski definition) is 1. The second-order valence-electron chi connectivity index (χ2n) is 4.29. The van der Waals surface area contributed by atoms with Gasteiger partial charge in [0.15, 0.2) is 0 Å². The van der Waals surface area contributed by atoms with Crippen molar-refractivity contribution in [2.75, 3.05) is 20.8 Å². The maximum Gasteiger partial charge on any atom is 0.269 e. The minimum Gasteiger partial charge on any atom is -0.383 e. The molecule has 2 N–H and O–H groups in total. The number of nitro groups is 1. The fraction of sp³-hybridized carbons (Fsp3) is 0.417. The van der Waals surface area contributed by atoms with Gasteiger partial charge in [0.2, 0.25) is 5.91 Å². The number of ether oxygens (including phenoxy) is 1. The molecule has 0 spiro atoms. The molecule has 0 fully saturated rings. The number of carbonyl (C=O) groups excluding carboxylic acids is 1. The topological polar surface area (TPSA) is 98.7 Å². The monoisotopic (exact) mass is 301 g/mol. The zero-order valence-corrected chi connectivity index (χ0v) is 12.0. The number of benzene rings is 1. The molecule has 0 heterocycles. The molecule has 8 heteroatoms. The molecule has 20 heavy (non-hydrogen) atoms. The van der Waals surface area contributed by atoms with Gasteiger partial charge in [-0.15, -0.1) is 0 Å². The number of methoxy groups -OCH3 is 1. The maximum atomic E-state index is 11.9. The summed E-state index contributed by atoms with van der Waals surface area (Å²) in [6.07, 6.45) is 0. The van der Waals surface area contributed by atoms with E-state index in [0.29, 0.717) is 10.6 Å². The van der Waals surface area contributed by atoms with E-state index in [2.05, 4.69) is 0 Å². The van der Waals surface area contributed by atoms with E-state index < -0.39 is 11.0 Å². The van der Waals surface area contributed by atoms with Crippen LogP contribution in [-0.4, -0.2) is 42.5 Å². The summed E-state index contributed by atoms with van der Waals surface area (Å²) in [6.45, 7) is 0.239. The third kappa shape index (κ3) is 4.16. The van der Waals surface area contributed by atoms with Crippen LogP contribution in [0.2, 0.25) is 5.02 Å². The van der Waals surface area contributed by atoms with Crippen LogP contribution in [0.3, 0.4) is 0 Å². The largest absolute Gasteiger partial charge is 0.383 e. The predicted octanol–water partition coefficient (Wildman–Crippen LogP) is 1.18. The van der Waals surface area contributed by atoms with E-state index in [4.69, 9.17) is 22.1 Å². The zero-order valence-electron chi connectivity index (χ0n) is 11.2. The standard InChI is InChI=1S/C12H16ClN3O4/c1-15(12(17)11(14)7-20-2)6-8-5-9(16(18)19)3-4-10(8)13/h3-5,11H,6-7,14H2,1-2H3. The molecule has 0 aliphatic carbocycles. The Morgan fingerprint density at radius 2 is 2.25 bits per heavy atom. The molecule has 0 bridgehead atoms. The molecule has 0 aliphatic rings. The highest BCUT2D eigenvalue weighted by atomic mass is 35.5. The van der Waals surface area contributed by atoms with Crippen molar-refractivity contribution in [1.29, 1.82) is 0 Å². The Balaban J connectivity index is 2.84. The first-order valence-electron chi connectivity index (χ1n) is 5.79. The molecule has 1 amide bonds. The Bertz CT molecular complexity index is 509. The number of hydrogen-bond acceptors (Lipinski definition) is 5. The summed E-state index contributed by atoms with van der Waals surface area (Å²) in [5, 5.41) is 11.1. The average molecular weight is 302 g/mol. The number of nitrogens with zero attached hydrogens (tertiary/aromatic N) is 2. The predicted molar refractivity (Wildman–Crippen MR) is 74.4 cm³/mol. The van der Waals surface area contributed by atoms with Crippen LogP contribution >= 0.6 is 11.6 Å². The fourth-order valence-corrected chi connectivity index (χ4v) is 1.84. The van der Waals surface area contributed by atoms with Crippen LogP contribution in [0, 0.1) is 10.1 Å². The van der Waals surface area contributed by atoms with Gasteiger partial charge >= 0.3 is 0 Å². The summed E-state index contributed by atoms with van der Waals surface area (Å²) in [5.74, 6) is -0.325. The number of rotatable bonds is 6. The van der Waals surface area contributed by atoms with Gasteiger partial charge in [-0.1, -0.05) is 11.6 Å². The summed E-state index contributed by atoms with van der Waals surface area (Å²) >= 11 is 5.97. The Hall–Kier alpha value is -1.70. The van der Waals surface area contributed by atoms with Gasteiger partial charge in [0.05, 0.1) is 11.5 Å². The van der Waals surface area contributed by atoms with Crippen molar-refractivity contribution in [2.24, 2.45) is 5.73 Å². The highest BCUT2D eigenvalue weighted by Gasteiger charge is 2.19. The molecule has 1 aromatic rings. The lowest BCUT2D eigenvalue weighted by Crippen LogP contribution is -2.44. The number of halogens is 1. The van der Waals surface area contributed by atoms with Crippen molar-refractivity contribution in [3.63, 3.8) is 0 Å². The normalized spacial score (nSPS) is 12.0. The maximum absolute atomic E-state index is 11.9. The first kappa shape index (κ1) is 16.4. The van der Waals surface area contributed by atoms with Crippen LogP contribution in [-0.2, 0) is 16.1 Å². The first-order chi connectivity index (χ1) is 9.36. The Morgan fingerprint density at radius 3 is 2.80 bits per heavy atom. The summed E-state index contributed by atoms with van der Waals surface area (Å²) in [4.78, 5) is 23.5. The Kier molecular flexibility index (Phi) is 5.87. The molecule has 1 rings (SSSR count). The SMILES string of the molecule is COCC(N)C(=O)N(C)Cc1cc([N+](=O)[O-])ccc1Cl. The van der Waals surface area contributed by atoms with Crippen molar-refractivity contribution in [1.82, 2.24) is 4.90 Å². The molecule has 1 unspecified atom stereocenters. The second kappa shape index (κ2) is 7.18. The molecule has 110 valence electrons. The van der Waals surface area contributed by atoms with Crippen molar-refractivity contribution < 1.29 is 14.5 Å². The lowest BCUT2D eigenvalue weighted by Gasteiger charge is -2.21. The van der Waals surface area contributed by atoms with Crippen molar-refractivity contribution in [3.8, 4) is 0 Å². The number of likely N-dealkylation sites (N-methyl/N-ethyl adjacent to an activating group) is 1. The minimum absolute atomic E-state index is 0.0774. The van der Waals surface area contributed by atoms with Crippen LogP contribution < -0.4 is 5.73 Å². The summed E-state index contributed by atoms with van der Waals surface area (Å²) in [7, 11) is 3.00. The van der Waals surface area contributed by atoms with Gasteiger partial charge < -0.3 is 15.4 Å². The number of amides is 1. The van der Waals surface area contributed by atoms with Crippen LogP contribution in [0.25, 0.3) is 0 Å². The number of non-ortho nitro benzene ring substituents is 1. The van der Waals surface area contributed by atoms with E-state index in [1.165, 1.54) is 30.2 Å². The van der Waals surface area contributed by atoms with E-state index >= 15 is 0 Å². The van der Waals surface area contributed by atoms with E-state index in [1.54, 1.807) is 7.05 Å². The minimum atomic E-state index is -0.775. The quantitative estimate of drug-likeness (QED) is 0.628. The van der Waals surface area contributed by atoms with Gasteiger partial charge in [0.1, 0.15) is 6.04 Å². The van der Waals surface area contributed by atoms with E-state index in [-0.39, 0.29) is 24.7 Å². The van der Waals surface area contributed by atoms with E-state index in [9.17, 15) is 14.9 Å². The van der Waals surface area contributed by atoms with Gasteiger partial charge in [-0.05, 0) is 11.6 Å². The molecular weight excluding hydrogens is 286 g/mol. The van der Waals surface area contributed by atoms with Gasteiger partial charge in [-0.2, -0.15) is 0 Å².